The number of rotatable bonds is 6. The minimum Gasteiger partial charge on any atom is -0.475 e. The summed E-state index contributed by atoms with van der Waals surface area (Å²) in [6.45, 7) is 2.02. The van der Waals surface area contributed by atoms with Gasteiger partial charge in [0.05, 0.1) is 6.54 Å². The molecule has 0 radical (unpaired) electrons. The number of nitrogens with one attached hydrogen (secondary N) is 2. The predicted molar refractivity (Wildman–Crippen MR) is 135 cm³/mol. The zero-order chi connectivity index (χ0) is 28.6. The molecule has 1 aliphatic heterocycles. The summed E-state index contributed by atoms with van der Waals surface area (Å²) in [5.74, 6) is -2.87. The number of nitrogens with zero attached hydrogens (tertiary/aromatic N) is 3. The number of imidazole rings is 1. The number of carbonyl (C=O) groups excluding carboxylic acids is 2. The smallest absolute Gasteiger partial charge is 0.475 e. The third-order valence-corrected chi connectivity index (χ3v) is 6.52. The topological polar surface area (TPSA) is 165 Å². The molecule has 2 aromatic rings. The highest BCUT2D eigenvalue weighted by atomic mass is 19.4. The Balaban J connectivity index is 0.000000532. The molecule has 10 nitrogen and oxygen atoms in total. The van der Waals surface area contributed by atoms with E-state index in [4.69, 9.17) is 20.9 Å². The summed E-state index contributed by atoms with van der Waals surface area (Å²) in [5.41, 5.74) is 9.85. The van der Waals surface area contributed by atoms with E-state index in [0.29, 0.717) is 12.5 Å². The summed E-state index contributed by atoms with van der Waals surface area (Å²) in [4.78, 5) is 41.7. The van der Waals surface area contributed by atoms with Gasteiger partial charge in [0, 0.05) is 17.4 Å². The van der Waals surface area contributed by atoms with Gasteiger partial charge in [0.1, 0.15) is 6.07 Å². The van der Waals surface area contributed by atoms with Crippen molar-refractivity contribution >= 4 is 29.0 Å². The first-order valence-corrected chi connectivity index (χ1v) is 12.4. The van der Waals surface area contributed by atoms with Gasteiger partial charge >= 0.3 is 12.1 Å². The fourth-order valence-corrected chi connectivity index (χ4v) is 4.59. The van der Waals surface area contributed by atoms with Gasteiger partial charge in [-0.1, -0.05) is 12.1 Å². The molecule has 1 fully saturated rings. The van der Waals surface area contributed by atoms with Gasteiger partial charge in [-0.15, -0.1) is 0 Å². The number of anilines is 1. The summed E-state index contributed by atoms with van der Waals surface area (Å²) in [6, 6.07) is 8.20. The van der Waals surface area contributed by atoms with Crippen molar-refractivity contribution in [1.29, 1.82) is 5.26 Å². The van der Waals surface area contributed by atoms with E-state index in [0.717, 1.165) is 56.4 Å². The highest BCUT2D eigenvalue weighted by Gasteiger charge is 2.38. The van der Waals surface area contributed by atoms with Gasteiger partial charge in [-0.05, 0) is 80.8 Å². The molecule has 0 atom stereocenters. The number of aromatic nitrogens is 2. The van der Waals surface area contributed by atoms with Gasteiger partial charge in [-0.2, -0.15) is 18.4 Å². The molecule has 2 amide bonds. The monoisotopic (exact) mass is 546 g/mol. The summed E-state index contributed by atoms with van der Waals surface area (Å²) in [6.07, 6.45) is 4.92. The van der Waals surface area contributed by atoms with Crippen LogP contribution in [-0.4, -0.2) is 63.6 Å². The van der Waals surface area contributed by atoms with E-state index in [1.54, 1.807) is 0 Å². The minimum absolute atomic E-state index is 0.121. The SMILES string of the molecule is N#Cc1c[nH]c(C(=O)Nc2ccc(C3CCN(CC(N)=O)CC3)cc2C2=CCCCC2)n1.O=C(O)C(F)(F)F. The van der Waals surface area contributed by atoms with E-state index in [1.165, 1.54) is 23.8 Å². The molecule has 39 heavy (non-hydrogen) atoms. The third-order valence-electron chi connectivity index (χ3n) is 6.52. The Hall–Kier alpha value is -4.18. The van der Waals surface area contributed by atoms with E-state index in [2.05, 4.69) is 38.4 Å². The van der Waals surface area contributed by atoms with E-state index in [9.17, 15) is 22.8 Å². The average molecular weight is 547 g/mol. The second-order valence-electron chi connectivity index (χ2n) is 9.30. The largest absolute Gasteiger partial charge is 0.490 e. The Morgan fingerprint density at radius 2 is 1.92 bits per heavy atom. The van der Waals surface area contributed by atoms with Crippen molar-refractivity contribution in [2.75, 3.05) is 25.0 Å². The number of piperidine rings is 1. The number of aromatic amines is 1. The number of carbonyl (C=O) groups is 3. The fourth-order valence-electron chi connectivity index (χ4n) is 4.59. The summed E-state index contributed by atoms with van der Waals surface area (Å²) in [7, 11) is 0. The predicted octanol–water partition coefficient (Wildman–Crippen LogP) is 3.79. The van der Waals surface area contributed by atoms with Crippen LogP contribution in [0.15, 0.2) is 30.5 Å². The zero-order valence-electron chi connectivity index (χ0n) is 21.1. The molecule has 1 aliphatic carbocycles. The highest BCUT2D eigenvalue weighted by Crippen LogP contribution is 2.36. The van der Waals surface area contributed by atoms with E-state index >= 15 is 0 Å². The summed E-state index contributed by atoms with van der Waals surface area (Å²) < 4.78 is 31.7. The molecule has 1 saturated heterocycles. The Labute approximate surface area is 222 Å². The number of halogens is 3. The number of carboxylic acids is 1. The lowest BCUT2D eigenvalue weighted by Gasteiger charge is -2.31. The third kappa shape index (κ3) is 8.41. The number of primary amides is 1. The van der Waals surface area contributed by atoms with Crippen LogP contribution in [0.1, 0.15) is 71.9 Å². The number of nitriles is 1. The molecule has 2 heterocycles. The number of alkyl halides is 3. The van der Waals surface area contributed by atoms with Gasteiger partial charge in [-0.3, -0.25) is 14.5 Å². The first-order valence-electron chi connectivity index (χ1n) is 12.4. The van der Waals surface area contributed by atoms with E-state index in [1.807, 2.05) is 12.1 Å². The van der Waals surface area contributed by atoms with Crippen LogP contribution in [0.2, 0.25) is 0 Å². The van der Waals surface area contributed by atoms with Gasteiger partial charge in [0.25, 0.3) is 5.91 Å². The molecule has 1 aromatic heterocycles. The van der Waals surface area contributed by atoms with Crippen LogP contribution in [0.25, 0.3) is 5.57 Å². The Bertz CT molecular complexity index is 1270. The molecule has 208 valence electrons. The lowest BCUT2D eigenvalue weighted by molar-refractivity contribution is -0.192. The Morgan fingerprint density at radius 3 is 2.46 bits per heavy atom. The lowest BCUT2D eigenvalue weighted by atomic mass is 9.85. The maximum Gasteiger partial charge on any atom is 0.490 e. The van der Waals surface area contributed by atoms with Gasteiger partial charge in [0.2, 0.25) is 5.91 Å². The van der Waals surface area contributed by atoms with Crippen LogP contribution in [-0.2, 0) is 9.59 Å². The van der Waals surface area contributed by atoms with Crippen LogP contribution in [0.5, 0.6) is 0 Å². The van der Waals surface area contributed by atoms with Crippen LogP contribution in [0.3, 0.4) is 0 Å². The summed E-state index contributed by atoms with van der Waals surface area (Å²) in [5, 5.41) is 19.1. The fraction of sp³-hybridized carbons (Fsp3) is 0.423. The molecule has 0 unspecified atom stereocenters. The van der Waals surface area contributed by atoms with Crippen LogP contribution >= 0.6 is 0 Å². The second kappa shape index (κ2) is 13.1. The van der Waals surface area contributed by atoms with Crippen LogP contribution in [0, 0.1) is 11.3 Å². The molecule has 4 rings (SSSR count). The van der Waals surface area contributed by atoms with Gasteiger partial charge < -0.3 is 21.1 Å². The standard InChI is InChI=1S/C24H28N6O2.C2HF3O2/c25-13-19-14-27-23(28-19)24(32)29-21-7-6-18(12-20(21)17-4-2-1-3-5-17)16-8-10-30(11-9-16)15-22(26)31;3-2(4,5)1(6)7/h4,6-7,12,14,16H,1-3,5,8-11,15H2,(H2,26,31)(H,27,28)(H,29,32);(H,6,7). The number of hydrogen-bond acceptors (Lipinski definition) is 6. The average Bonchev–Trinajstić information content (AvgIpc) is 3.39. The van der Waals surface area contributed by atoms with Crippen LogP contribution < -0.4 is 11.1 Å². The van der Waals surface area contributed by atoms with Crippen molar-refractivity contribution in [3.63, 3.8) is 0 Å². The van der Waals surface area contributed by atoms with Gasteiger partial charge in [-0.25, -0.2) is 9.78 Å². The van der Waals surface area contributed by atoms with Crippen LogP contribution in [0.4, 0.5) is 18.9 Å². The number of nitrogens with two attached hydrogens (primary N) is 1. The molecule has 1 aromatic carbocycles. The molecular formula is C26H29F3N6O4. The normalized spacial score (nSPS) is 16.3. The lowest BCUT2D eigenvalue weighted by Crippen LogP contribution is -2.39. The maximum absolute atomic E-state index is 12.7. The highest BCUT2D eigenvalue weighted by molar-refractivity contribution is 6.03. The zero-order valence-corrected chi connectivity index (χ0v) is 21.1. The van der Waals surface area contributed by atoms with Crippen molar-refractivity contribution in [1.82, 2.24) is 14.9 Å². The number of hydrogen-bond donors (Lipinski definition) is 4. The van der Waals surface area contributed by atoms with Crippen molar-refractivity contribution in [3.8, 4) is 6.07 Å². The van der Waals surface area contributed by atoms with E-state index in [-0.39, 0.29) is 23.3 Å². The van der Waals surface area contributed by atoms with Crippen molar-refractivity contribution in [2.24, 2.45) is 5.73 Å². The first kappa shape index (κ1) is 29.4. The first-order chi connectivity index (χ1) is 18.5. The number of likely N-dealkylation sites (tertiary alicyclic amines) is 1. The van der Waals surface area contributed by atoms with Gasteiger partial charge in [0.15, 0.2) is 11.5 Å². The van der Waals surface area contributed by atoms with Crippen molar-refractivity contribution in [2.45, 2.75) is 50.6 Å². The van der Waals surface area contributed by atoms with Crippen molar-refractivity contribution in [3.05, 3.63) is 53.1 Å². The van der Waals surface area contributed by atoms with E-state index < -0.39 is 12.1 Å². The number of allylic oxidation sites excluding steroid dienone is 2. The number of benzene rings is 1. The quantitative estimate of drug-likeness (QED) is 0.428. The molecule has 13 heteroatoms. The molecule has 0 spiro atoms. The molecule has 0 saturated carbocycles. The number of amides is 2. The molecule has 0 bridgehead atoms. The Morgan fingerprint density at radius 1 is 1.23 bits per heavy atom. The van der Waals surface area contributed by atoms with Crippen molar-refractivity contribution < 1.29 is 32.7 Å². The number of carboxylic acid groups (broad SMARTS) is 1. The minimum atomic E-state index is -5.08. The second-order valence-corrected chi connectivity index (χ2v) is 9.30. The Kier molecular flexibility index (Phi) is 9.84. The number of aliphatic carboxylic acids is 1. The molecular weight excluding hydrogens is 517 g/mol. The molecule has 2 aliphatic rings. The molecule has 5 N–H and O–H groups in total. The number of H-pyrrole nitrogens is 1. The summed E-state index contributed by atoms with van der Waals surface area (Å²) >= 11 is 0. The maximum atomic E-state index is 12.7.